The minimum atomic E-state index is -0.210. The molecule has 0 saturated heterocycles. The average Bonchev–Trinajstić information content (AvgIpc) is 3.22. The molecule has 0 aliphatic carbocycles. The van der Waals surface area contributed by atoms with Crippen molar-refractivity contribution in [3.8, 4) is 22.8 Å². The van der Waals surface area contributed by atoms with Gasteiger partial charge in [-0.15, -0.1) is 10.2 Å². The van der Waals surface area contributed by atoms with Crippen molar-refractivity contribution in [2.75, 3.05) is 18.2 Å². The summed E-state index contributed by atoms with van der Waals surface area (Å²) in [6, 6.07) is 15.0. The number of pyridine rings is 1. The SMILES string of the molecule is COc1ccc(Cl)cc1NC(=O)CSc1nnc(-c2cccnc2)n1-c1ccc(C)cc1C. The van der Waals surface area contributed by atoms with E-state index in [9.17, 15) is 4.79 Å². The molecule has 0 saturated carbocycles. The molecule has 2 heterocycles. The molecule has 0 aliphatic heterocycles. The molecule has 0 fully saturated rings. The highest BCUT2D eigenvalue weighted by atomic mass is 35.5. The van der Waals surface area contributed by atoms with Crippen LogP contribution in [0, 0.1) is 13.8 Å². The Morgan fingerprint density at radius 1 is 1.15 bits per heavy atom. The molecule has 2 aromatic carbocycles. The van der Waals surface area contributed by atoms with Gasteiger partial charge in [0.15, 0.2) is 11.0 Å². The van der Waals surface area contributed by atoms with Crippen LogP contribution in [0.4, 0.5) is 5.69 Å². The third kappa shape index (κ3) is 5.18. The molecule has 4 rings (SSSR count). The normalized spacial score (nSPS) is 10.8. The van der Waals surface area contributed by atoms with Crippen molar-refractivity contribution in [2.24, 2.45) is 0 Å². The summed E-state index contributed by atoms with van der Waals surface area (Å²) in [6.07, 6.45) is 3.46. The van der Waals surface area contributed by atoms with E-state index in [1.54, 1.807) is 37.7 Å². The molecule has 2 aromatic heterocycles. The lowest BCUT2D eigenvalue weighted by Gasteiger charge is -2.14. The highest BCUT2D eigenvalue weighted by Crippen LogP contribution is 2.31. The minimum absolute atomic E-state index is 0.131. The van der Waals surface area contributed by atoms with E-state index in [2.05, 4.69) is 33.5 Å². The summed E-state index contributed by atoms with van der Waals surface area (Å²) in [6.45, 7) is 4.09. The molecule has 1 amide bonds. The second-order valence-corrected chi connectivity index (χ2v) is 8.73. The third-order valence-electron chi connectivity index (χ3n) is 4.91. The van der Waals surface area contributed by atoms with Gasteiger partial charge in [-0.2, -0.15) is 0 Å². The molecular formula is C24H22ClN5O2S. The van der Waals surface area contributed by atoms with Gasteiger partial charge in [-0.05, 0) is 55.8 Å². The third-order valence-corrected chi connectivity index (χ3v) is 6.08. The Bertz CT molecular complexity index is 1290. The Balaban J connectivity index is 1.62. The lowest BCUT2D eigenvalue weighted by atomic mass is 10.1. The Morgan fingerprint density at radius 2 is 2.00 bits per heavy atom. The summed E-state index contributed by atoms with van der Waals surface area (Å²) in [7, 11) is 1.54. The van der Waals surface area contributed by atoms with Crippen LogP contribution in [0.1, 0.15) is 11.1 Å². The van der Waals surface area contributed by atoms with Gasteiger partial charge >= 0.3 is 0 Å². The maximum atomic E-state index is 12.7. The number of anilines is 1. The first-order valence-electron chi connectivity index (χ1n) is 10.2. The van der Waals surface area contributed by atoms with Crippen LogP contribution in [-0.2, 0) is 4.79 Å². The number of ether oxygens (including phenoxy) is 1. The van der Waals surface area contributed by atoms with E-state index >= 15 is 0 Å². The first-order chi connectivity index (χ1) is 16.0. The molecule has 9 heteroatoms. The number of carbonyl (C=O) groups is 1. The van der Waals surface area contributed by atoms with Crippen molar-refractivity contribution in [1.82, 2.24) is 19.7 Å². The Kier molecular flexibility index (Phi) is 6.96. The summed E-state index contributed by atoms with van der Waals surface area (Å²) in [5.41, 5.74) is 4.54. The van der Waals surface area contributed by atoms with Gasteiger partial charge in [0.1, 0.15) is 5.75 Å². The predicted octanol–water partition coefficient (Wildman–Crippen LogP) is 5.34. The van der Waals surface area contributed by atoms with Crippen LogP contribution in [0.5, 0.6) is 5.75 Å². The quantitative estimate of drug-likeness (QED) is 0.360. The molecule has 4 aromatic rings. The van der Waals surface area contributed by atoms with Gasteiger partial charge in [0.25, 0.3) is 0 Å². The molecule has 0 unspecified atom stereocenters. The number of hydrogen-bond donors (Lipinski definition) is 1. The van der Waals surface area contributed by atoms with Crippen LogP contribution in [0.2, 0.25) is 5.02 Å². The number of aromatic nitrogens is 4. The number of carbonyl (C=O) groups excluding carboxylic acids is 1. The smallest absolute Gasteiger partial charge is 0.234 e. The van der Waals surface area contributed by atoms with Crippen molar-refractivity contribution in [1.29, 1.82) is 0 Å². The first kappa shape index (κ1) is 22.8. The van der Waals surface area contributed by atoms with Crippen molar-refractivity contribution in [3.63, 3.8) is 0 Å². The number of hydrogen-bond acceptors (Lipinski definition) is 6. The lowest BCUT2D eigenvalue weighted by Crippen LogP contribution is -2.15. The number of halogens is 1. The number of aryl methyl sites for hydroxylation is 2. The van der Waals surface area contributed by atoms with Gasteiger partial charge in [-0.25, -0.2) is 0 Å². The fraction of sp³-hybridized carbons (Fsp3) is 0.167. The van der Waals surface area contributed by atoms with Crippen molar-refractivity contribution in [2.45, 2.75) is 19.0 Å². The van der Waals surface area contributed by atoms with E-state index < -0.39 is 0 Å². The second kappa shape index (κ2) is 10.1. The standard InChI is InChI=1S/C24H22ClN5O2S/c1-15-6-8-20(16(2)11-15)30-23(17-5-4-10-26-13-17)28-29-24(30)33-14-22(31)27-19-12-18(25)7-9-21(19)32-3/h4-13H,14H2,1-3H3,(H,27,31). The fourth-order valence-corrected chi connectivity index (χ4v) is 4.33. The van der Waals surface area contributed by atoms with Crippen LogP contribution >= 0.6 is 23.4 Å². The van der Waals surface area contributed by atoms with Gasteiger partial charge in [0, 0.05) is 23.0 Å². The van der Waals surface area contributed by atoms with E-state index in [1.807, 2.05) is 35.8 Å². The van der Waals surface area contributed by atoms with Crippen LogP contribution in [-0.4, -0.2) is 38.5 Å². The highest BCUT2D eigenvalue weighted by Gasteiger charge is 2.19. The Labute approximate surface area is 201 Å². The predicted molar refractivity (Wildman–Crippen MR) is 131 cm³/mol. The van der Waals surface area contributed by atoms with E-state index in [0.717, 1.165) is 22.4 Å². The second-order valence-electron chi connectivity index (χ2n) is 7.35. The molecular weight excluding hydrogens is 458 g/mol. The average molecular weight is 480 g/mol. The maximum Gasteiger partial charge on any atom is 0.234 e. The van der Waals surface area contributed by atoms with Crippen molar-refractivity contribution >= 4 is 35.0 Å². The zero-order chi connectivity index (χ0) is 23.4. The number of benzene rings is 2. The summed E-state index contributed by atoms with van der Waals surface area (Å²) < 4.78 is 7.27. The maximum absolute atomic E-state index is 12.7. The largest absolute Gasteiger partial charge is 0.495 e. The monoisotopic (exact) mass is 479 g/mol. The molecule has 7 nitrogen and oxygen atoms in total. The molecule has 0 spiro atoms. The molecule has 0 aliphatic rings. The van der Waals surface area contributed by atoms with Crippen LogP contribution < -0.4 is 10.1 Å². The topological polar surface area (TPSA) is 81.9 Å². The van der Waals surface area contributed by atoms with Gasteiger partial charge in [-0.1, -0.05) is 41.1 Å². The summed E-state index contributed by atoms with van der Waals surface area (Å²) in [5, 5.41) is 12.8. The van der Waals surface area contributed by atoms with E-state index in [1.165, 1.54) is 11.8 Å². The van der Waals surface area contributed by atoms with Crippen LogP contribution in [0.15, 0.2) is 66.1 Å². The van der Waals surface area contributed by atoms with E-state index in [4.69, 9.17) is 16.3 Å². The fourth-order valence-electron chi connectivity index (χ4n) is 3.41. The highest BCUT2D eigenvalue weighted by molar-refractivity contribution is 7.99. The Morgan fingerprint density at radius 3 is 2.73 bits per heavy atom. The number of nitrogens with one attached hydrogen (secondary N) is 1. The zero-order valence-electron chi connectivity index (χ0n) is 18.4. The number of nitrogens with zero attached hydrogens (tertiary/aromatic N) is 4. The van der Waals surface area contributed by atoms with E-state index in [-0.39, 0.29) is 11.7 Å². The van der Waals surface area contributed by atoms with Gasteiger partial charge in [0.05, 0.1) is 24.2 Å². The summed E-state index contributed by atoms with van der Waals surface area (Å²) in [4.78, 5) is 16.9. The Hall–Kier alpha value is -3.36. The number of rotatable bonds is 7. The number of methoxy groups -OCH3 is 1. The van der Waals surface area contributed by atoms with Gasteiger partial charge in [0.2, 0.25) is 5.91 Å². The summed E-state index contributed by atoms with van der Waals surface area (Å²) in [5.74, 6) is 1.12. The van der Waals surface area contributed by atoms with Crippen molar-refractivity contribution in [3.05, 3.63) is 77.1 Å². The van der Waals surface area contributed by atoms with Crippen LogP contribution in [0.3, 0.4) is 0 Å². The molecule has 0 bridgehead atoms. The minimum Gasteiger partial charge on any atom is -0.495 e. The molecule has 1 N–H and O–H groups in total. The summed E-state index contributed by atoms with van der Waals surface area (Å²) >= 11 is 7.37. The van der Waals surface area contributed by atoms with Gasteiger partial charge in [-0.3, -0.25) is 14.3 Å². The zero-order valence-corrected chi connectivity index (χ0v) is 19.9. The molecule has 0 radical (unpaired) electrons. The van der Waals surface area contributed by atoms with Crippen LogP contribution in [0.25, 0.3) is 17.1 Å². The first-order valence-corrected chi connectivity index (χ1v) is 11.5. The lowest BCUT2D eigenvalue weighted by molar-refractivity contribution is -0.113. The molecule has 33 heavy (non-hydrogen) atoms. The van der Waals surface area contributed by atoms with E-state index in [0.29, 0.717) is 27.4 Å². The number of amides is 1. The molecule has 168 valence electrons. The van der Waals surface area contributed by atoms with Gasteiger partial charge < -0.3 is 10.1 Å². The number of thioether (sulfide) groups is 1. The molecule has 0 atom stereocenters. The van der Waals surface area contributed by atoms with Crippen molar-refractivity contribution < 1.29 is 9.53 Å².